The number of aromatic nitrogens is 3. The van der Waals surface area contributed by atoms with Gasteiger partial charge in [-0.15, -0.1) is 10.2 Å². The number of aryl methyl sites for hydroxylation is 1. The summed E-state index contributed by atoms with van der Waals surface area (Å²) in [5.41, 5.74) is 7.34. The number of benzene rings is 1. The Morgan fingerprint density at radius 2 is 2.14 bits per heavy atom. The molecule has 8 heteroatoms. The van der Waals surface area contributed by atoms with Crippen LogP contribution in [0.3, 0.4) is 0 Å². The Balaban J connectivity index is 2.17. The number of nitro groups is 1. The van der Waals surface area contributed by atoms with E-state index in [2.05, 4.69) is 10.2 Å². The van der Waals surface area contributed by atoms with Crippen LogP contribution in [0.15, 0.2) is 23.4 Å². The van der Waals surface area contributed by atoms with Gasteiger partial charge in [0.2, 0.25) is 0 Å². The zero-order chi connectivity index (χ0) is 15.4. The third kappa shape index (κ3) is 3.40. The Morgan fingerprint density at radius 1 is 1.38 bits per heavy atom. The summed E-state index contributed by atoms with van der Waals surface area (Å²) in [5.74, 6) is 1.43. The summed E-state index contributed by atoms with van der Waals surface area (Å²) < 4.78 is 1.96. The molecule has 0 aliphatic carbocycles. The zero-order valence-corrected chi connectivity index (χ0v) is 12.8. The first-order valence-electron chi connectivity index (χ1n) is 6.50. The summed E-state index contributed by atoms with van der Waals surface area (Å²) in [6, 6.07) is 5.12. The molecule has 0 saturated heterocycles. The Labute approximate surface area is 126 Å². The Hall–Kier alpha value is -1.93. The van der Waals surface area contributed by atoms with Crippen LogP contribution in [-0.4, -0.2) is 26.2 Å². The summed E-state index contributed by atoms with van der Waals surface area (Å²) >= 11 is 1.51. The number of rotatable bonds is 6. The van der Waals surface area contributed by atoms with E-state index in [1.54, 1.807) is 13.0 Å². The third-order valence-electron chi connectivity index (χ3n) is 3.23. The molecule has 0 saturated carbocycles. The van der Waals surface area contributed by atoms with Crippen molar-refractivity contribution in [3.63, 3.8) is 0 Å². The van der Waals surface area contributed by atoms with Crippen LogP contribution in [0.25, 0.3) is 0 Å². The minimum atomic E-state index is -0.357. The van der Waals surface area contributed by atoms with Gasteiger partial charge in [0, 0.05) is 30.5 Å². The molecule has 0 fully saturated rings. The molecule has 112 valence electrons. The molecule has 1 heterocycles. The number of nitrogens with two attached hydrogens (primary N) is 1. The van der Waals surface area contributed by atoms with Gasteiger partial charge in [0.15, 0.2) is 5.16 Å². The van der Waals surface area contributed by atoms with E-state index in [9.17, 15) is 10.1 Å². The van der Waals surface area contributed by atoms with Crippen molar-refractivity contribution in [1.29, 1.82) is 0 Å². The Kier molecular flexibility index (Phi) is 4.92. The number of hydrogen-bond acceptors (Lipinski definition) is 6. The predicted molar refractivity (Wildman–Crippen MR) is 81.2 cm³/mol. The molecular formula is C13H17N5O2S. The SMILES string of the molecule is Cc1c(CSc2nnc(C)n2CCN)cccc1[N+](=O)[O-]. The highest BCUT2D eigenvalue weighted by Gasteiger charge is 2.15. The molecule has 0 aliphatic rings. The summed E-state index contributed by atoms with van der Waals surface area (Å²) in [5, 5.41) is 19.9. The monoisotopic (exact) mass is 307 g/mol. The smallest absolute Gasteiger partial charge is 0.272 e. The van der Waals surface area contributed by atoms with Gasteiger partial charge in [0.1, 0.15) is 5.82 Å². The Morgan fingerprint density at radius 3 is 2.81 bits per heavy atom. The van der Waals surface area contributed by atoms with Gasteiger partial charge >= 0.3 is 0 Å². The van der Waals surface area contributed by atoms with Crippen molar-refractivity contribution in [3.8, 4) is 0 Å². The van der Waals surface area contributed by atoms with Crippen molar-refractivity contribution in [2.45, 2.75) is 31.3 Å². The van der Waals surface area contributed by atoms with Crippen LogP contribution in [0, 0.1) is 24.0 Å². The third-order valence-corrected chi connectivity index (χ3v) is 4.24. The maximum absolute atomic E-state index is 10.9. The second-order valence-corrected chi connectivity index (χ2v) is 5.52. The van der Waals surface area contributed by atoms with Gasteiger partial charge in [-0.25, -0.2) is 0 Å². The largest absolute Gasteiger partial charge is 0.329 e. The van der Waals surface area contributed by atoms with E-state index >= 15 is 0 Å². The van der Waals surface area contributed by atoms with Gasteiger partial charge in [-0.05, 0) is 19.4 Å². The van der Waals surface area contributed by atoms with Crippen molar-refractivity contribution in [3.05, 3.63) is 45.3 Å². The summed E-state index contributed by atoms with van der Waals surface area (Å²) in [4.78, 5) is 10.6. The van der Waals surface area contributed by atoms with E-state index in [-0.39, 0.29) is 10.6 Å². The van der Waals surface area contributed by atoms with E-state index in [1.165, 1.54) is 17.8 Å². The maximum atomic E-state index is 10.9. The fraction of sp³-hybridized carbons (Fsp3) is 0.385. The molecule has 1 aromatic carbocycles. The van der Waals surface area contributed by atoms with E-state index in [4.69, 9.17) is 5.73 Å². The lowest BCUT2D eigenvalue weighted by molar-refractivity contribution is -0.385. The van der Waals surface area contributed by atoms with Crippen LogP contribution in [0.1, 0.15) is 17.0 Å². The van der Waals surface area contributed by atoms with Crippen LogP contribution in [-0.2, 0) is 12.3 Å². The van der Waals surface area contributed by atoms with Crippen LogP contribution in [0.5, 0.6) is 0 Å². The highest BCUT2D eigenvalue weighted by atomic mass is 32.2. The minimum absolute atomic E-state index is 0.146. The lowest BCUT2D eigenvalue weighted by atomic mass is 10.1. The molecule has 0 unspecified atom stereocenters. The van der Waals surface area contributed by atoms with Gasteiger partial charge in [0.05, 0.1) is 4.92 Å². The zero-order valence-electron chi connectivity index (χ0n) is 11.9. The fourth-order valence-electron chi connectivity index (χ4n) is 2.02. The molecule has 2 rings (SSSR count). The first-order valence-corrected chi connectivity index (χ1v) is 7.48. The first kappa shape index (κ1) is 15.5. The molecule has 2 N–H and O–H groups in total. The molecule has 2 aromatic rings. The Bertz CT molecular complexity index is 656. The van der Waals surface area contributed by atoms with Crippen LogP contribution in [0.2, 0.25) is 0 Å². The van der Waals surface area contributed by atoms with Crippen molar-refractivity contribution >= 4 is 17.4 Å². The van der Waals surface area contributed by atoms with Gasteiger partial charge in [0.25, 0.3) is 5.69 Å². The fourth-order valence-corrected chi connectivity index (χ4v) is 3.10. The molecule has 21 heavy (non-hydrogen) atoms. The van der Waals surface area contributed by atoms with Crippen LogP contribution in [0.4, 0.5) is 5.69 Å². The van der Waals surface area contributed by atoms with E-state index in [0.717, 1.165) is 16.5 Å². The van der Waals surface area contributed by atoms with E-state index < -0.39 is 0 Å². The highest BCUT2D eigenvalue weighted by Crippen LogP contribution is 2.27. The molecule has 1 aromatic heterocycles. The molecule has 0 radical (unpaired) electrons. The van der Waals surface area contributed by atoms with Crippen molar-refractivity contribution < 1.29 is 4.92 Å². The topological polar surface area (TPSA) is 99.9 Å². The van der Waals surface area contributed by atoms with Gasteiger partial charge in [-0.2, -0.15) is 0 Å². The quantitative estimate of drug-likeness (QED) is 0.498. The highest BCUT2D eigenvalue weighted by molar-refractivity contribution is 7.98. The summed E-state index contributed by atoms with van der Waals surface area (Å²) in [6.07, 6.45) is 0. The van der Waals surface area contributed by atoms with Gasteiger partial charge < -0.3 is 10.3 Å². The maximum Gasteiger partial charge on any atom is 0.272 e. The second kappa shape index (κ2) is 6.68. The molecule has 0 spiro atoms. The van der Waals surface area contributed by atoms with Gasteiger partial charge in [-0.1, -0.05) is 23.9 Å². The number of hydrogen-bond donors (Lipinski definition) is 1. The second-order valence-electron chi connectivity index (χ2n) is 4.58. The van der Waals surface area contributed by atoms with E-state index in [1.807, 2.05) is 17.6 Å². The molecule has 0 bridgehead atoms. The summed E-state index contributed by atoms with van der Waals surface area (Å²) in [6.45, 7) is 4.83. The molecular weight excluding hydrogens is 290 g/mol. The van der Waals surface area contributed by atoms with Gasteiger partial charge in [-0.3, -0.25) is 10.1 Å². The van der Waals surface area contributed by atoms with Crippen molar-refractivity contribution in [2.24, 2.45) is 5.73 Å². The lowest BCUT2D eigenvalue weighted by Gasteiger charge is -2.08. The number of nitrogens with zero attached hydrogens (tertiary/aromatic N) is 4. The van der Waals surface area contributed by atoms with Crippen molar-refractivity contribution in [1.82, 2.24) is 14.8 Å². The van der Waals surface area contributed by atoms with Crippen LogP contribution < -0.4 is 5.73 Å². The van der Waals surface area contributed by atoms with Crippen LogP contribution >= 0.6 is 11.8 Å². The summed E-state index contributed by atoms with van der Waals surface area (Å²) in [7, 11) is 0. The lowest BCUT2D eigenvalue weighted by Crippen LogP contribution is -2.12. The predicted octanol–water partition coefficient (Wildman–Crippen LogP) is 2.05. The standard InChI is InChI=1S/C13H17N5O2S/c1-9-11(4-3-5-12(9)18(19)20)8-21-13-16-15-10(2)17(13)7-6-14/h3-5H,6-8,14H2,1-2H3. The average molecular weight is 307 g/mol. The first-order chi connectivity index (χ1) is 10.0. The molecule has 0 amide bonds. The van der Waals surface area contributed by atoms with Crippen molar-refractivity contribution in [2.75, 3.05) is 6.54 Å². The molecule has 7 nitrogen and oxygen atoms in total. The average Bonchev–Trinajstić information content (AvgIpc) is 2.79. The molecule has 0 atom stereocenters. The van der Waals surface area contributed by atoms with E-state index in [0.29, 0.717) is 24.4 Å². The number of thioether (sulfide) groups is 1. The normalized spacial score (nSPS) is 10.8. The number of nitro benzene ring substituents is 1. The molecule has 0 aliphatic heterocycles. The minimum Gasteiger partial charge on any atom is -0.329 e.